The molecule has 0 aromatic carbocycles. The van der Waals surface area contributed by atoms with Gasteiger partial charge in [0.15, 0.2) is 0 Å². The van der Waals surface area contributed by atoms with Gasteiger partial charge in [0.2, 0.25) is 0 Å². The highest BCUT2D eigenvalue weighted by molar-refractivity contribution is 7.86. The van der Waals surface area contributed by atoms with Crippen LogP contribution < -0.4 is 0 Å². The Balaban J connectivity index is 2.64. The van der Waals surface area contributed by atoms with Gasteiger partial charge < -0.3 is 5.11 Å². The standard InChI is InChI=1S/C11H24N2O3S/c1-3-12(7-4-10-14)17(15,16)13-8-5-11(2)6-9-13/h11,14H,3-10H2,1-2H3. The molecule has 1 N–H and O–H groups in total. The Bertz CT molecular complexity index is 300. The van der Waals surface area contributed by atoms with Gasteiger partial charge in [-0.3, -0.25) is 0 Å². The van der Waals surface area contributed by atoms with Crippen LogP contribution in [0.3, 0.4) is 0 Å². The smallest absolute Gasteiger partial charge is 0.281 e. The second kappa shape index (κ2) is 6.68. The lowest BCUT2D eigenvalue weighted by Gasteiger charge is -2.33. The lowest BCUT2D eigenvalue weighted by atomic mass is 10.0. The van der Waals surface area contributed by atoms with Crippen molar-refractivity contribution < 1.29 is 13.5 Å². The second-order valence-corrected chi connectivity index (χ2v) is 6.59. The first-order valence-electron chi connectivity index (χ1n) is 6.38. The molecule has 1 aliphatic rings. The molecule has 0 atom stereocenters. The van der Waals surface area contributed by atoms with Gasteiger partial charge in [0, 0.05) is 32.8 Å². The summed E-state index contributed by atoms with van der Waals surface area (Å²) < 4.78 is 27.6. The van der Waals surface area contributed by atoms with Gasteiger partial charge in [0.05, 0.1) is 0 Å². The van der Waals surface area contributed by atoms with E-state index < -0.39 is 10.2 Å². The van der Waals surface area contributed by atoms with Gasteiger partial charge in [-0.2, -0.15) is 17.0 Å². The summed E-state index contributed by atoms with van der Waals surface area (Å²) in [5, 5.41) is 8.79. The number of piperidine rings is 1. The highest BCUT2D eigenvalue weighted by atomic mass is 32.2. The third-order valence-corrected chi connectivity index (χ3v) is 5.42. The Hall–Kier alpha value is -0.170. The second-order valence-electron chi connectivity index (χ2n) is 4.66. The summed E-state index contributed by atoms with van der Waals surface area (Å²) in [6.07, 6.45) is 2.38. The molecule has 1 saturated heterocycles. The number of hydrogen-bond acceptors (Lipinski definition) is 3. The van der Waals surface area contributed by atoms with E-state index in [1.165, 1.54) is 4.31 Å². The molecule has 0 aliphatic carbocycles. The summed E-state index contributed by atoms with van der Waals surface area (Å²) in [6, 6.07) is 0. The van der Waals surface area contributed by atoms with Crippen molar-refractivity contribution in [3.8, 4) is 0 Å². The fraction of sp³-hybridized carbons (Fsp3) is 1.00. The van der Waals surface area contributed by atoms with Gasteiger partial charge in [-0.05, 0) is 25.2 Å². The highest BCUT2D eigenvalue weighted by Crippen LogP contribution is 2.20. The highest BCUT2D eigenvalue weighted by Gasteiger charge is 2.30. The maximum atomic E-state index is 12.3. The van der Waals surface area contributed by atoms with Crippen LogP contribution >= 0.6 is 0 Å². The first kappa shape index (κ1) is 14.9. The number of aliphatic hydroxyl groups excluding tert-OH is 1. The average molecular weight is 264 g/mol. The van der Waals surface area contributed by atoms with Gasteiger partial charge in [-0.1, -0.05) is 13.8 Å². The number of hydrogen-bond donors (Lipinski definition) is 1. The monoisotopic (exact) mass is 264 g/mol. The molecule has 1 aliphatic heterocycles. The molecule has 6 heteroatoms. The quantitative estimate of drug-likeness (QED) is 0.767. The summed E-state index contributed by atoms with van der Waals surface area (Å²) in [5.41, 5.74) is 0. The third-order valence-electron chi connectivity index (χ3n) is 3.31. The Kier molecular flexibility index (Phi) is 5.85. The van der Waals surface area contributed by atoms with Crippen molar-refractivity contribution in [2.45, 2.75) is 33.1 Å². The molecule has 1 rings (SSSR count). The van der Waals surface area contributed by atoms with Crippen LogP contribution in [-0.4, -0.2) is 54.9 Å². The summed E-state index contributed by atoms with van der Waals surface area (Å²) in [7, 11) is -3.31. The van der Waals surface area contributed by atoms with E-state index >= 15 is 0 Å². The van der Waals surface area contributed by atoms with Crippen molar-refractivity contribution in [2.75, 3.05) is 32.8 Å². The molecular weight excluding hydrogens is 240 g/mol. The molecule has 0 spiro atoms. The molecule has 1 fully saturated rings. The maximum Gasteiger partial charge on any atom is 0.281 e. The van der Waals surface area contributed by atoms with Gasteiger partial charge in [0.1, 0.15) is 0 Å². The minimum absolute atomic E-state index is 0.0308. The molecule has 102 valence electrons. The molecule has 0 radical (unpaired) electrons. The number of rotatable bonds is 6. The van der Waals surface area contributed by atoms with E-state index in [0.29, 0.717) is 38.5 Å². The van der Waals surface area contributed by atoms with E-state index in [1.54, 1.807) is 4.31 Å². The topological polar surface area (TPSA) is 60.9 Å². The SMILES string of the molecule is CCN(CCCO)S(=O)(=O)N1CCC(C)CC1. The van der Waals surface area contributed by atoms with Crippen molar-refractivity contribution in [3.05, 3.63) is 0 Å². The Labute approximate surface area is 105 Å². The predicted octanol–water partition coefficient (Wildman–Crippen LogP) is 0.667. The van der Waals surface area contributed by atoms with E-state index in [1.807, 2.05) is 6.92 Å². The molecule has 0 aromatic rings. The Morgan fingerprint density at radius 2 is 1.94 bits per heavy atom. The lowest BCUT2D eigenvalue weighted by molar-refractivity contribution is 0.248. The van der Waals surface area contributed by atoms with E-state index in [4.69, 9.17) is 5.11 Å². The van der Waals surface area contributed by atoms with E-state index in [-0.39, 0.29) is 6.61 Å². The largest absolute Gasteiger partial charge is 0.396 e. The first-order chi connectivity index (χ1) is 8.02. The van der Waals surface area contributed by atoms with Crippen LogP contribution in [0.2, 0.25) is 0 Å². The fourth-order valence-corrected chi connectivity index (χ4v) is 3.75. The van der Waals surface area contributed by atoms with Crippen molar-refractivity contribution in [3.63, 3.8) is 0 Å². The molecule has 0 bridgehead atoms. The van der Waals surface area contributed by atoms with Crippen LogP contribution in [0.25, 0.3) is 0 Å². The Morgan fingerprint density at radius 3 is 2.41 bits per heavy atom. The van der Waals surface area contributed by atoms with Crippen LogP contribution in [0.1, 0.15) is 33.1 Å². The van der Waals surface area contributed by atoms with Gasteiger partial charge in [0.25, 0.3) is 10.2 Å². The molecular formula is C11H24N2O3S. The summed E-state index contributed by atoms with van der Waals surface area (Å²) in [6.45, 7) is 6.14. The van der Waals surface area contributed by atoms with Crippen molar-refractivity contribution in [1.82, 2.24) is 8.61 Å². The van der Waals surface area contributed by atoms with E-state index in [9.17, 15) is 8.42 Å². The van der Waals surface area contributed by atoms with Gasteiger partial charge in [-0.15, -0.1) is 0 Å². The van der Waals surface area contributed by atoms with Crippen molar-refractivity contribution >= 4 is 10.2 Å². The van der Waals surface area contributed by atoms with Gasteiger partial charge >= 0.3 is 0 Å². The van der Waals surface area contributed by atoms with Gasteiger partial charge in [-0.25, -0.2) is 0 Å². The molecule has 0 amide bonds. The minimum atomic E-state index is -3.31. The molecule has 1 heterocycles. The van der Waals surface area contributed by atoms with E-state index in [2.05, 4.69) is 6.92 Å². The van der Waals surface area contributed by atoms with Crippen LogP contribution in [0.5, 0.6) is 0 Å². The summed E-state index contributed by atoms with van der Waals surface area (Å²) >= 11 is 0. The number of aliphatic hydroxyl groups is 1. The van der Waals surface area contributed by atoms with Crippen LogP contribution in [0.4, 0.5) is 0 Å². The van der Waals surface area contributed by atoms with Crippen LogP contribution in [-0.2, 0) is 10.2 Å². The molecule has 5 nitrogen and oxygen atoms in total. The van der Waals surface area contributed by atoms with Crippen molar-refractivity contribution in [2.24, 2.45) is 5.92 Å². The van der Waals surface area contributed by atoms with Crippen molar-refractivity contribution in [1.29, 1.82) is 0 Å². The first-order valence-corrected chi connectivity index (χ1v) is 7.78. The fourth-order valence-electron chi connectivity index (χ4n) is 2.06. The average Bonchev–Trinajstić information content (AvgIpc) is 2.30. The zero-order valence-electron chi connectivity index (χ0n) is 10.8. The molecule has 0 saturated carbocycles. The van der Waals surface area contributed by atoms with Crippen LogP contribution in [0.15, 0.2) is 0 Å². The molecule has 0 aromatic heterocycles. The normalized spacial score (nSPS) is 20.0. The summed E-state index contributed by atoms with van der Waals surface area (Å²) in [4.78, 5) is 0. The minimum Gasteiger partial charge on any atom is -0.396 e. The zero-order valence-corrected chi connectivity index (χ0v) is 11.6. The van der Waals surface area contributed by atoms with E-state index in [0.717, 1.165) is 12.8 Å². The maximum absolute atomic E-state index is 12.3. The Morgan fingerprint density at radius 1 is 1.35 bits per heavy atom. The van der Waals surface area contributed by atoms with Crippen LogP contribution in [0, 0.1) is 5.92 Å². The number of nitrogens with zero attached hydrogens (tertiary/aromatic N) is 2. The third kappa shape index (κ3) is 3.91. The molecule has 17 heavy (non-hydrogen) atoms. The summed E-state index contributed by atoms with van der Waals surface area (Å²) in [5.74, 6) is 0.619. The zero-order chi connectivity index (χ0) is 12.9. The lowest BCUT2D eigenvalue weighted by Crippen LogP contribution is -2.47. The predicted molar refractivity (Wildman–Crippen MR) is 67.8 cm³/mol. The molecule has 0 unspecified atom stereocenters.